The maximum atomic E-state index is 12.4. The van der Waals surface area contributed by atoms with Gasteiger partial charge in [-0.25, -0.2) is 4.79 Å². The molecule has 0 aliphatic rings. The highest BCUT2D eigenvalue weighted by molar-refractivity contribution is 8.00. The lowest BCUT2D eigenvalue weighted by Gasteiger charge is -2.12. The molecule has 0 aliphatic carbocycles. The molecule has 1 rings (SSSR count). The summed E-state index contributed by atoms with van der Waals surface area (Å²) in [7, 11) is 1.07. The van der Waals surface area contributed by atoms with Crippen LogP contribution in [0.4, 0.5) is 13.2 Å². The highest BCUT2D eigenvalue weighted by Gasteiger charge is 2.33. The Bertz CT molecular complexity index is 520. The van der Waals surface area contributed by atoms with Gasteiger partial charge >= 0.3 is 11.5 Å². The number of rotatable bonds is 2. The minimum Gasteiger partial charge on any atom is -0.465 e. The minimum atomic E-state index is -4.58. The van der Waals surface area contributed by atoms with Crippen LogP contribution in [0.25, 0.3) is 0 Å². The number of aryl methyl sites for hydroxylation is 1. The lowest BCUT2D eigenvalue weighted by molar-refractivity contribution is -0.0328. The van der Waals surface area contributed by atoms with E-state index in [1.165, 1.54) is 19.1 Å². The zero-order valence-electron chi connectivity index (χ0n) is 9.46. The number of halogens is 3. The Morgan fingerprint density at radius 2 is 2.06 bits per heavy atom. The third kappa shape index (κ3) is 3.17. The molecule has 18 heavy (non-hydrogen) atoms. The number of esters is 1. The van der Waals surface area contributed by atoms with Crippen LogP contribution in [0, 0.1) is 18.3 Å². The topological polar surface area (TPSA) is 50.1 Å². The van der Waals surface area contributed by atoms with Crippen LogP contribution in [-0.2, 0) is 4.74 Å². The van der Waals surface area contributed by atoms with Crippen molar-refractivity contribution in [3.8, 4) is 6.07 Å². The fourth-order valence-corrected chi connectivity index (χ4v) is 2.11. The predicted octanol–water partition coefficient (Wildman–Crippen LogP) is 3.27. The smallest absolute Gasteiger partial charge is 0.446 e. The van der Waals surface area contributed by atoms with E-state index in [0.717, 1.165) is 7.11 Å². The molecule has 1 aromatic rings. The van der Waals surface area contributed by atoms with Gasteiger partial charge in [0.05, 0.1) is 18.2 Å². The van der Waals surface area contributed by atoms with Crippen molar-refractivity contribution in [1.29, 1.82) is 5.26 Å². The fraction of sp³-hybridized carbons (Fsp3) is 0.273. The molecule has 0 radical (unpaired) electrons. The maximum Gasteiger partial charge on any atom is 0.446 e. The summed E-state index contributed by atoms with van der Waals surface area (Å²) in [4.78, 5) is 11.0. The Balaban J connectivity index is 3.45. The van der Waals surface area contributed by atoms with Crippen molar-refractivity contribution in [2.24, 2.45) is 0 Å². The molecule has 0 bridgehead atoms. The summed E-state index contributed by atoms with van der Waals surface area (Å²) >= 11 is -0.487. The molecule has 0 heterocycles. The lowest BCUT2D eigenvalue weighted by atomic mass is 10.1. The second-order valence-electron chi connectivity index (χ2n) is 3.29. The molecule has 96 valence electrons. The predicted molar refractivity (Wildman–Crippen MR) is 59.1 cm³/mol. The molecule has 0 aliphatic heterocycles. The molecule has 0 N–H and O–H groups in total. The Kier molecular flexibility index (Phi) is 4.24. The van der Waals surface area contributed by atoms with Crippen LogP contribution in [0.5, 0.6) is 0 Å². The van der Waals surface area contributed by atoms with E-state index >= 15 is 0 Å². The van der Waals surface area contributed by atoms with Gasteiger partial charge in [-0.15, -0.1) is 0 Å². The van der Waals surface area contributed by atoms with Crippen LogP contribution in [0.15, 0.2) is 17.0 Å². The first-order valence-electron chi connectivity index (χ1n) is 4.68. The largest absolute Gasteiger partial charge is 0.465 e. The molecule has 0 amide bonds. The SMILES string of the molecule is COC(=O)c1ccc(C)c(C#N)c1SC(F)(F)F. The second-order valence-corrected chi connectivity index (χ2v) is 4.36. The van der Waals surface area contributed by atoms with Gasteiger partial charge in [-0.2, -0.15) is 18.4 Å². The van der Waals surface area contributed by atoms with E-state index in [4.69, 9.17) is 5.26 Å². The molecule has 1 aromatic carbocycles. The third-order valence-corrected chi connectivity index (χ3v) is 2.96. The molecule has 0 saturated heterocycles. The van der Waals surface area contributed by atoms with Crippen LogP contribution in [-0.4, -0.2) is 18.6 Å². The van der Waals surface area contributed by atoms with Gasteiger partial charge in [0.25, 0.3) is 0 Å². The van der Waals surface area contributed by atoms with Gasteiger partial charge < -0.3 is 4.74 Å². The standard InChI is InChI=1S/C11H8F3NO2S/c1-6-3-4-7(10(16)17-2)9(8(6)5-15)18-11(12,13)14/h3-4H,1-2H3. The molecule has 0 aromatic heterocycles. The molecule has 0 spiro atoms. The van der Waals surface area contributed by atoms with Crippen LogP contribution in [0.1, 0.15) is 21.5 Å². The summed E-state index contributed by atoms with van der Waals surface area (Å²) in [6.45, 7) is 1.50. The van der Waals surface area contributed by atoms with Crippen molar-refractivity contribution in [2.45, 2.75) is 17.3 Å². The van der Waals surface area contributed by atoms with E-state index < -0.39 is 28.1 Å². The van der Waals surface area contributed by atoms with Crippen molar-refractivity contribution < 1.29 is 22.7 Å². The van der Waals surface area contributed by atoms with Crippen LogP contribution in [0.2, 0.25) is 0 Å². The number of carbonyl (C=O) groups is 1. The van der Waals surface area contributed by atoms with Crippen LogP contribution in [0.3, 0.4) is 0 Å². The molecular weight excluding hydrogens is 267 g/mol. The Morgan fingerprint density at radius 1 is 1.44 bits per heavy atom. The second kappa shape index (κ2) is 5.31. The number of thioether (sulfide) groups is 1. The zero-order valence-corrected chi connectivity index (χ0v) is 10.3. The average Bonchev–Trinajstić information content (AvgIpc) is 2.26. The number of alkyl halides is 3. The monoisotopic (exact) mass is 275 g/mol. The first-order chi connectivity index (χ1) is 8.30. The van der Waals surface area contributed by atoms with Gasteiger partial charge in [-0.3, -0.25) is 0 Å². The first-order valence-corrected chi connectivity index (χ1v) is 5.49. The van der Waals surface area contributed by atoms with E-state index in [-0.39, 0.29) is 11.1 Å². The molecular formula is C11H8F3NO2S. The normalized spacial score (nSPS) is 10.9. The average molecular weight is 275 g/mol. The maximum absolute atomic E-state index is 12.4. The van der Waals surface area contributed by atoms with Crippen LogP contribution >= 0.6 is 11.8 Å². The van der Waals surface area contributed by atoms with E-state index in [0.29, 0.717) is 5.56 Å². The quantitative estimate of drug-likeness (QED) is 0.614. The molecule has 0 fully saturated rings. The molecule has 3 nitrogen and oxygen atoms in total. The van der Waals surface area contributed by atoms with Gasteiger partial charge in [0.1, 0.15) is 6.07 Å². The Labute approximate surface area is 106 Å². The van der Waals surface area contributed by atoms with Gasteiger partial charge in [0, 0.05) is 4.90 Å². The van der Waals surface area contributed by atoms with Gasteiger partial charge in [0.2, 0.25) is 0 Å². The van der Waals surface area contributed by atoms with Crippen molar-refractivity contribution >= 4 is 17.7 Å². The van der Waals surface area contributed by atoms with Crippen LogP contribution < -0.4 is 0 Å². The van der Waals surface area contributed by atoms with E-state index in [1.54, 1.807) is 6.07 Å². The number of hydrogen-bond acceptors (Lipinski definition) is 4. The fourth-order valence-electron chi connectivity index (χ4n) is 1.31. The third-order valence-electron chi connectivity index (χ3n) is 2.10. The summed E-state index contributed by atoms with van der Waals surface area (Å²) in [5, 5.41) is 8.89. The van der Waals surface area contributed by atoms with E-state index in [1.807, 2.05) is 0 Å². The van der Waals surface area contributed by atoms with Crippen molar-refractivity contribution in [2.75, 3.05) is 7.11 Å². The van der Waals surface area contributed by atoms with Gasteiger partial charge in [-0.1, -0.05) is 6.07 Å². The molecule has 0 unspecified atom stereocenters. The number of ether oxygens (including phenoxy) is 1. The first kappa shape index (κ1) is 14.4. The lowest BCUT2D eigenvalue weighted by Crippen LogP contribution is -2.09. The van der Waals surface area contributed by atoms with Crippen molar-refractivity contribution in [3.05, 3.63) is 28.8 Å². The Morgan fingerprint density at radius 3 is 2.50 bits per heavy atom. The molecule has 7 heteroatoms. The van der Waals surface area contributed by atoms with Crippen molar-refractivity contribution in [3.63, 3.8) is 0 Å². The number of carbonyl (C=O) groups excluding carboxylic acids is 1. The minimum absolute atomic E-state index is 0.166. The van der Waals surface area contributed by atoms with E-state index in [2.05, 4.69) is 4.74 Å². The highest BCUT2D eigenvalue weighted by atomic mass is 32.2. The summed E-state index contributed by atoms with van der Waals surface area (Å²) in [5.74, 6) is -0.904. The van der Waals surface area contributed by atoms with Gasteiger partial charge in [-0.05, 0) is 30.3 Å². The van der Waals surface area contributed by atoms with E-state index in [9.17, 15) is 18.0 Å². The summed E-state index contributed by atoms with van der Waals surface area (Å²) in [6, 6.07) is 4.30. The number of hydrogen-bond donors (Lipinski definition) is 0. The highest BCUT2D eigenvalue weighted by Crippen LogP contribution is 2.41. The summed E-state index contributed by atoms with van der Waals surface area (Å²) < 4.78 is 41.7. The number of benzene rings is 1. The summed E-state index contributed by atoms with van der Waals surface area (Å²) in [6.07, 6.45) is 0. The number of nitrogens with zero attached hydrogens (tertiary/aromatic N) is 1. The van der Waals surface area contributed by atoms with Gasteiger partial charge in [0.15, 0.2) is 0 Å². The summed E-state index contributed by atoms with van der Waals surface area (Å²) in [5.41, 5.74) is -4.64. The number of nitriles is 1. The molecule has 0 saturated carbocycles. The van der Waals surface area contributed by atoms with Crippen molar-refractivity contribution in [1.82, 2.24) is 0 Å². The molecule has 0 atom stereocenters. The number of methoxy groups -OCH3 is 1. The Hall–Kier alpha value is -1.68. The zero-order chi connectivity index (χ0) is 13.9.